The molecule has 1 saturated heterocycles. The number of carbonyl (C=O) groups excluding carboxylic acids is 1. The number of nitrogens with two attached hydrogens (primary N) is 1. The van der Waals surface area contributed by atoms with Gasteiger partial charge in [-0.1, -0.05) is 36.0 Å². The number of hydrogen-bond donors (Lipinski definition) is 2. The van der Waals surface area contributed by atoms with Crippen molar-refractivity contribution < 1.29 is 9.53 Å². The van der Waals surface area contributed by atoms with Gasteiger partial charge in [-0.05, 0) is 49.9 Å². The summed E-state index contributed by atoms with van der Waals surface area (Å²) in [7, 11) is 2.11. The molecule has 9 heteroatoms. The van der Waals surface area contributed by atoms with Crippen LogP contribution in [0.2, 0.25) is 0 Å². The molecule has 0 radical (unpaired) electrons. The van der Waals surface area contributed by atoms with Gasteiger partial charge in [-0.15, -0.1) is 0 Å². The van der Waals surface area contributed by atoms with E-state index < -0.39 is 5.91 Å². The number of hydrogen-bond acceptors (Lipinski definition) is 7. The van der Waals surface area contributed by atoms with Gasteiger partial charge in [0.25, 0.3) is 0 Å². The maximum atomic E-state index is 11.7. The number of nitrogens with zero attached hydrogens (tertiary/aromatic N) is 4. The van der Waals surface area contributed by atoms with Crippen LogP contribution in [0, 0.1) is 6.92 Å². The third-order valence-corrected chi connectivity index (χ3v) is 6.98. The highest BCUT2D eigenvalue weighted by Gasteiger charge is 2.20. The van der Waals surface area contributed by atoms with Gasteiger partial charge < -0.3 is 20.7 Å². The van der Waals surface area contributed by atoms with E-state index in [9.17, 15) is 4.79 Å². The van der Waals surface area contributed by atoms with E-state index >= 15 is 0 Å². The van der Waals surface area contributed by atoms with E-state index in [0.29, 0.717) is 12.1 Å². The molecule has 4 aromatic rings. The summed E-state index contributed by atoms with van der Waals surface area (Å²) in [5.74, 6) is -0.436. The smallest absolute Gasteiger partial charge is 0.248 e. The Morgan fingerprint density at radius 3 is 2.80 bits per heavy atom. The zero-order valence-electron chi connectivity index (χ0n) is 19.8. The molecule has 2 aromatic heterocycles. The minimum atomic E-state index is -0.436. The number of anilines is 1. The van der Waals surface area contributed by atoms with Crippen molar-refractivity contribution >= 4 is 29.0 Å². The number of ether oxygens (including phenoxy) is 1. The number of nitrogens with one attached hydrogen (secondary N) is 1. The number of likely N-dealkylation sites (N-methyl/N-ethyl adjacent to an activating group) is 1. The number of amides is 1. The maximum Gasteiger partial charge on any atom is 0.248 e. The van der Waals surface area contributed by atoms with Crippen LogP contribution in [0.5, 0.6) is 0 Å². The van der Waals surface area contributed by atoms with Crippen molar-refractivity contribution in [2.24, 2.45) is 5.73 Å². The standard InChI is InChI=1S/C26H28N6O2S/c1-17-12-18(8-9-21(17)25(27)33)23-15-29-26-22(28-14-19-16-31(2)10-11-34-19)13-24(30-32(23)26)35-20-6-4-3-5-7-20/h3-9,12-13,15,19,28H,10-11,14,16H2,1-2H3,(H2,27,33)/t19-/m0/s1. The highest BCUT2D eigenvalue weighted by atomic mass is 32.2. The molecular weight excluding hydrogens is 460 g/mol. The van der Waals surface area contributed by atoms with Gasteiger partial charge in [-0.3, -0.25) is 4.79 Å². The van der Waals surface area contributed by atoms with Crippen LogP contribution < -0.4 is 11.1 Å². The van der Waals surface area contributed by atoms with Crippen LogP contribution in [0.3, 0.4) is 0 Å². The Labute approximate surface area is 208 Å². The van der Waals surface area contributed by atoms with Gasteiger partial charge in [0.1, 0.15) is 5.03 Å². The van der Waals surface area contributed by atoms with Crippen LogP contribution in [0.25, 0.3) is 16.9 Å². The number of primary amides is 1. The third-order valence-electron chi connectivity index (χ3n) is 6.06. The highest BCUT2D eigenvalue weighted by molar-refractivity contribution is 7.99. The first kappa shape index (κ1) is 23.3. The van der Waals surface area contributed by atoms with Crippen LogP contribution in [-0.2, 0) is 4.74 Å². The highest BCUT2D eigenvalue weighted by Crippen LogP contribution is 2.32. The van der Waals surface area contributed by atoms with E-state index in [-0.39, 0.29) is 6.10 Å². The zero-order chi connectivity index (χ0) is 24.4. The van der Waals surface area contributed by atoms with Gasteiger partial charge >= 0.3 is 0 Å². The Kier molecular flexibility index (Phi) is 6.72. The lowest BCUT2D eigenvalue weighted by Gasteiger charge is -2.30. The second-order valence-corrected chi connectivity index (χ2v) is 9.81. The molecule has 1 aliphatic heterocycles. The van der Waals surface area contributed by atoms with Gasteiger partial charge in [0, 0.05) is 35.7 Å². The molecule has 35 heavy (non-hydrogen) atoms. The zero-order valence-corrected chi connectivity index (χ0v) is 20.6. The molecule has 0 aliphatic carbocycles. The van der Waals surface area contributed by atoms with Crippen LogP contribution in [-0.4, -0.2) is 64.8 Å². The monoisotopic (exact) mass is 488 g/mol. The lowest BCUT2D eigenvalue weighted by molar-refractivity contribution is -0.0117. The van der Waals surface area contributed by atoms with Crippen molar-refractivity contribution in [1.29, 1.82) is 0 Å². The predicted molar refractivity (Wildman–Crippen MR) is 138 cm³/mol. The number of fused-ring (bicyclic) bond motifs is 1. The Morgan fingerprint density at radius 2 is 2.06 bits per heavy atom. The number of benzene rings is 2. The first-order valence-electron chi connectivity index (χ1n) is 11.5. The van der Waals surface area contributed by atoms with Crippen molar-refractivity contribution in [3.8, 4) is 11.3 Å². The van der Waals surface area contributed by atoms with Crippen LogP contribution in [0.1, 0.15) is 15.9 Å². The van der Waals surface area contributed by atoms with E-state index in [2.05, 4.69) is 29.4 Å². The van der Waals surface area contributed by atoms with Crippen molar-refractivity contribution in [3.05, 3.63) is 71.9 Å². The molecule has 0 saturated carbocycles. The molecule has 0 bridgehead atoms. The molecule has 1 amide bonds. The van der Waals surface area contributed by atoms with Gasteiger partial charge in [0.2, 0.25) is 5.91 Å². The number of imidazole rings is 1. The summed E-state index contributed by atoms with van der Waals surface area (Å²) in [4.78, 5) is 19.8. The Bertz CT molecular complexity index is 1360. The van der Waals surface area contributed by atoms with Crippen molar-refractivity contribution in [1.82, 2.24) is 19.5 Å². The molecule has 0 spiro atoms. The van der Waals surface area contributed by atoms with E-state index in [0.717, 1.165) is 57.8 Å². The number of carbonyl (C=O) groups is 1. The van der Waals surface area contributed by atoms with E-state index in [1.165, 1.54) is 0 Å². The molecule has 1 fully saturated rings. The van der Waals surface area contributed by atoms with Crippen LogP contribution >= 0.6 is 11.8 Å². The summed E-state index contributed by atoms with van der Waals surface area (Å²) < 4.78 is 7.80. The fourth-order valence-electron chi connectivity index (χ4n) is 4.25. The van der Waals surface area contributed by atoms with Crippen molar-refractivity contribution in [2.45, 2.75) is 22.9 Å². The van der Waals surface area contributed by atoms with E-state index in [1.54, 1.807) is 17.8 Å². The van der Waals surface area contributed by atoms with Gasteiger partial charge in [-0.2, -0.15) is 5.10 Å². The lowest BCUT2D eigenvalue weighted by Crippen LogP contribution is -2.43. The van der Waals surface area contributed by atoms with Crippen molar-refractivity contribution in [2.75, 3.05) is 38.6 Å². The lowest BCUT2D eigenvalue weighted by atomic mass is 10.0. The first-order valence-corrected chi connectivity index (χ1v) is 12.4. The van der Waals surface area contributed by atoms with Gasteiger partial charge in [0.15, 0.2) is 5.65 Å². The second-order valence-electron chi connectivity index (χ2n) is 8.72. The first-order chi connectivity index (χ1) is 17.0. The molecule has 1 aliphatic rings. The maximum absolute atomic E-state index is 11.7. The summed E-state index contributed by atoms with van der Waals surface area (Å²) in [6.07, 6.45) is 1.92. The number of morpholine rings is 1. The fourth-order valence-corrected chi connectivity index (χ4v) is 5.08. The van der Waals surface area contributed by atoms with Gasteiger partial charge in [0.05, 0.1) is 30.3 Å². The van der Waals surface area contributed by atoms with Crippen LogP contribution in [0.4, 0.5) is 5.69 Å². The SMILES string of the molecule is Cc1cc(-c2cnc3c(NC[C@H]4CN(C)CCO4)cc(Sc4ccccc4)nn23)ccc1C(N)=O. The fraction of sp³-hybridized carbons (Fsp3) is 0.269. The summed E-state index contributed by atoms with van der Waals surface area (Å²) in [6, 6.07) is 17.8. The quantitative estimate of drug-likeness (QED) is 0.409. The molecule has 2 aromatic carbocycles. The topological polar surface area (TPSA) is 97.8 Å². The van der Waals surface area contributed by atoms with Crippen LogP contribution in [0.15, 0.2) is 70.7 Å². The molecule has 5 rings (SSSR count). The summed E-state index contributed by atoms with van der Waals surface area (Å²) >= 11 is 1.59. The molecule has 3 N–H and O–H groups in total. The average Bonchev–Trinajstić information content (AvgIpc) is 3.27. The van der Waals surface area contributed by atoms with Crippen molar-refractivity contribution in [3.63, 3.8) is 0 Å². The number of aryl methyl sites for hydroxylation is 1. The molecule has 3 heterocycles. The van der Waals surface area contributed by atoms with E-state index in [1.807, 2.05) is 54.0 Å². The molecular formula is C26H28N6O2S. The third kappa shape index (κ3) is 5.17. The largest absolute Gasteiger partial charge is 0.379 e. The molecule has 8 nitrogen and oxygen atoms in total. The minimum absolute atomic E-state index is 0.102. The number of rotatable bonds is 7. The Morgan fingerprint density at radius 1 is 1.23 bits per heavy atom. The Hall–Kier alpha value is -3.40. The predicted octanol–water partition coefficient (Wildman–Crippen LogP) is 3.70. The molecule has 0 unspecified atom stereocenters. The Balaban J connectivity index is 1.53. The summed E-state index contributed by atoms with van der Waals surface area (Å²) in [5, 5.41) is 9.31. The molecule has 1 atom stereocenters. The minimum Gasteiger partial charge on any atom is -0.379 e. The van der Waals surface area contributed by atoms with E-state index in [4.69, 9.17) is 20.6 Å². The normalized spacial score (nSPS) is 16.5. The average molecular weight is 489 g/mol. The second kappa shape index (κ2) is 10.1. The molecule has 180 valence electrons. The van der Waals surface area contributed by atoms with Gasteiger partial charge in [-0.25, -0.2) is 9.50 Å². The summed E-state index contributed by atoms with van der Waals surface area (Å²) in [5.41, 5.74) is 10.2. The summed E-state index contributed by atoms with van der Waals surface area (Å²) in [6.45, 7) is 5.12. The number of aromatic nitrogens is 3.